The molecule has 2 N–H and O–H groups in total. The number of esters is 1. The number of nitrogens with two attached hydrogens (primary N) is 1. The van der Waals surface area contributed by atoms with Gasteiger partial charge in [-0.3, -0.25) is 0 Å². The maximum atomic E-state index is 11.0. The van der Waals surface area contributed by atoms with E-state index in [1.807, 2.05) is 0 Å². The minimum atomic E-state index is -0.391. The third kappa shape index (κ3) is 2.19. The number of rotatable bonds is 2. The number of hydrogen-bond acceptors (Lipinski definition) is 4. The SMILES string of the molecule is COC(=O)[C@@H]1CCC[C@@H](CN)O1. The molecule has 0 saturated carbocycles. The summed E-state index contributed by atoms with van der Waals surface area (Å²) in [6, 6.07) is 0. The van der Waals surface area contributed by atoms with Crippen molar-refractivity contribution in [2.75, 3.05) is 13.7 Å². The van der Waals surface area contributed by atoms with Gasteiger partial charge in [0.1, 0.15) is 0 Å². The molecule has 1 rings (SSSR count). The van der Waals surface area contributed by atoms with Crippen molar-refractivity contribution in [1.82, 2.24) is 0 Å². The topological polar surface area (TPSA) is 61.5 Å². The van der Waals surface area contributed by atoms with Crippen LogP contribution in [0.15, 0.2) is 0 Å². The summed E-state index contributed by atoms with van der Waals surface area (Å²) < 4.78 is 9.97. The van der Waals surface area contributed by atoms with E-state index in [-0.39, 0.29) is 12.1 Å². The highest BCUT2D eigenvalue weighted by Gasteiger charge is 2.27. The molecule has 2 atom stereocenters. The molecule has 0 amide bonds. The first-order chi connectivity index (χ1) is 5.77. The van der Waals surface area contributed by atoms with Crippen LogP contribution in [0.1, 0.15) is 19.3 Å². The van der Waals surface area contributed by atoms with Crippen LogP contribution < -0.4 is 5.73 Å². The Bertz CT molecular complexity index is 160. The van der Waals surface area contributed by atoms with Gasteiger partial charge in [-0.15, -0.1) is 0 Å². The first kappa shape index (κ1) is 9.48. The van der Waals surface area contributed by atoms with Crippen molar-refractivity contribution in [3.8, 4) is 0 Å². The molecular formula is C8H15NO3. The fourth-order valence-electron chi connectivity index (χ4n) is 1.38. The van der Waals surface area contributed by atoms with Gasteiger partial charge < -0.3 is 15.2 Å². The minimum Gasteiger partial charge on any atom is -0.467 e. The quantitative estimate of drug-likeness (QED) is 0.600. The van der Waals surface area contributed by atoms with Crippen LogP contribution in [0.3, 0.4) is 0 Å². The zero-order valence-corrected chi connectivity index (χ0v) is 7.29. The molecule has 0 aromatic heterocycles. The summed E-state index contributed by atoms with van der Waals surface area (Å²) in [6.07, 6.45) is 2.33. The van der Waals surface area contributed by atoms with Gasteiger partial charge in [0.2, 0.25) is 0 Å². The van der Waals surface area contributed by atoms with Gasteiger partial charge in [0.25, 0.3) is 0 Å². The molecule has 0 radical (unpaired) electrons. The Morgan fingerprint density at radius 3 is 3.00 bits per heavy atom. The molecule has 12 heavy (non-hydrogen) atoms. The maximum Gasteiger partial charge on any atom is 0.334 e. The molecule has 1 heterocycles. The fourth-order valence-corrected chi connectivity index (χ4v) is 1.38. The Morgan fingerprint density at radius 2 is 2.42 bits per heavy atom. The average molecular weight is 173 g/mol. The van der Waals surface area contributed by atoms with Gasteiger partial charge in [-0.2, -0.15) is 0 Å². The van der Waals surface area contributed by atoms with Gasteiger partial charge in [-0.1, -0.05) is 0 Å². The molecule has 0 aromatic carbocycles. The summed E-state index contributed by atoms with van der Waals surface area (Å²) in [4.78, 5) is 11.0. The van der Waals surface area contributed by atoms with Crippen molar-refractivity contribution in [1.29, 1.82) is 0 Å². The Balaban J connectivity index is 2.40. The summed E-state index contributed by atoms with van der Waals surface area (Å²) in [5.74, 6) is -0.284. The predicted octanol–water partition coefficient (Wildman–Crippen LogP) is 0.0558. The predicted molar refractivity (Wildman–Crippen MR) is 43.6 cm³/mol. The Kier molecular flexibility index (Phi) is 3.49. The van der Waals surface area contributed by atoms with E-state index in [0.29, 0.717) is 6.54 Å². The minimum absolute atomic E-state index is 0.0304. The van der Waals surface area contributed by atoms with Crippen LogP contribution in [-0.4, -0.2) is 31.8 Å². The van der Waals surface area contributed by atoms with Gasteiger partial charge in [-0.25, -0.2) is 4.79 Å². The van der Waals surface area contributed by atoms with Gasteiger partial charge in [-0.05, 0) is 19.3 Å². The highest BCUT2D eigenvalue weighted by atomic mass is 16.6. The number of ether oxygens (including phenoxy) is 2. The summed E-state index contributed by atoms with van der Waals surface area (Å²) in [5, 5.41) is 0. The molecule has 4 heteroatoms. The molecule has 4 nitrogen and oxygen atoms in total. The van der Waals surface area contributed by atoms with E-state index in [2.05, 4.69) is 4.74 Å². The Morgan fingerprint density at radius 1 is 1.67 bits per heavy atom. The summed E-state index contributed by atoms with van der Waals surface area (Å²) in [7, 11) is 1.37. The van der Waals surface area contributed by atoms with E-state index < -0.39 is 6.10 Å². The standard InChI is InChI=1S/C8H15NO3/c1-11-8(10)7-4-2-3-6(5-9)12-7/h6-7H,2-5,9H2,1H3/t6-,7-/m0/s1. The molecule has 1 aliphatic heterocycles. The summed E-state index contributed by atoms with van der Waals surface area (Å²) >= 11 is 0. The average Bonchev–Trinajstić information content (AvgIpc) is 2.17. The lowest BCUT2D eigenvalue weighted by molar-refractivity contribution is -0.162. The third-order valence-corrected chi connectivity index (χ3v) is 2.08. The molecule has 0 aromatic rings. The lowest BCUT2D eigenvalue weighted by atomic mass is 10.0. The van der Waals surface area contributed by atoms with E-state index in [9.17, 15) is 4.79 Å². The van der Waals surface area contributed by atoms with E-state index >= 15 is 0 Å². The van der Waals surface area contributed by atoms with Crippen LogP contribution in [-0.2, 0) is 14.3 Å². The Hall–Kier alpha value is -0.610. The highest BCUT2D eigenvalue weighted by Crippen LogP contribution is 2.18. The normalized spacial score (nSPS) is 29.8. The van der Waals surface area contributed by atoms with E-state index in [1.165, 1.54) is 7.11 Å². The molecule has 0 bridgehead atoms. The first-order valence-electron chi connectivity index (χ1n) is 4.21. The van der Waals surface area contributed by atoms with Crippen molar-refractivity contribution in [2.45, 2.75) is 31.5 Å². The lowest BCUT2D eigenvalue weighted by Crippen LogP contribution is -2.37. The van der Waals surface area contributed by atoms with Gasteiger partial charge >= 0.3 is 5.97 Å². The maximum absolute atomic E-state index is 11.0. The molecule has 1 saturated heterocycles. The van der Waals surface area contributed by atoms with Crippen LogP contribution in [0.25, 0.3) is 0 Å². The zero-order chi connectivity index (χ0) is 8.97. The summed E-state index contributed by atoms with van der Waals surface area (Å²) in [5.41, 5.74) is 5.43. The van der Waals surface area contributed by atoms with Crippen molar-refractivity contribution >= 4 is 5.97 Å². The fraction of sp³-hybridized carbons (Fsp3) is 0.875. The number of carbonyl (C=O) groups excluding carboxylic acids is 1. The second-order valence-electron chi connectivity index (χ2n) is 2.94. The van der Waals surface area contributed by atoms with Crippen molar-refractivity contribution < 1.29 is 14.3 Å². The van der Waals surface area contributed by atoms with Crippen molar-refractivity contribution in [3.05, 3.63) is 0 Å². The molecule has 0 unspecified atom stereocenters. The third-order valence-electron chi connectivity index (χ3n) is 2.08. The van der Waals surface area contributed by atoms with E-state index in [1.54, 1.807) is 0 Å². The van der Waals surface area contributed by atoms with Gasteiger partial charge in [0.15, 0.2) is 6.10 Å². The molecule has 1 fully saturated rings. The summed E-state index contributed by atoms with van der Waals surface area (Å²) in [6.45, 7) is 0.480. The van der Waals surface area contributed by atoms with Crippen LogP contribution in [0.4, 0.5) is 0 Å². The Labute approximate surface area is 72.0 Å². The van der Waals surface area contributed by atoms with Crippen LogP contribution in [0.5, 0.6) is 0 Å². The van der Waals surface area contributed by atoms with Crippen molar-refractivity contribution in [3.63, 3.8) is 0 Å². The van der Waals surface area contributed by atoms with E-state index in [4.69, 9.17) is 10.5 Å². The monoisotopic (exact) mass is 173 g/mol. The molecular weight excluding hydrogens is 158 g/mol. The van der Waals surface area contributed by atoms with Crippen LogP contribution in [0, 0.1) is 0 Å². The molecule has 70 valence electrons. The second-order valence-corrected chi connectivity index (χ2v) is 2.94. The first-order valence-corrected chi connectivity index (χ1v) is 4.21. The lowest BCUT2D eigenvalue weighted by Gasteiger charge is -2.27. The zero-order valence-electron chi connectivity index (χ0n) is 7.29. The van der Waals surface area contributed by atoms with Crippen LogP contribution in [0.2, 0.25) is 0 Å². The number of carbonyl (C=O) groups is 1. The molecule has 0 spiro atoms. The number of methoxy groups -OCH3 is 1. The van der Waals surface area contributed by atoms with Crippen molar-refractivity contribution in [2.24, 2.45) is 5.73 Å². The number of hydrogen-bond donors (Lipinski definition) is 1. The largest absolute Gasteiger partial charge is 0.467 e. The molecule has 1 aliphatic rings. The van der Waals surface area contributed by atoms with Gasteiger partial charge in [0.05, 0.1) is 13.2 Å². The molecule has 0 aliphatic carbocycles. The smallest absolute Gasteiger partial charge is 0.334 e. The van der Waals surface area contributed by atoms with E-state index in [0.717, 1.165) is 19.3 Å². The highest BCUT2D eigenvalue weighted by molar-refractivity contribution is 5.74. The second kappa shape index (κ2) is 4.42. The van der Waals surface area contributed by atoms with Gasteiger partial charge in [0, 0.05) is 6.54 Å². The van der Waals surface area contributed by atoms with Crippen LogP contribution >= 0.6 is 0 Å².